The Labute approximate surface area is 99.7 Å². The number of rotatable bonds is 4. The number of carbonyl (C=O) groups is 1. The van der Waals surface area contributed by atoms with Crippen molar-refractivity contribution in [3.63, 3.8) is 0 Å². The zero-order valence-corrected chi connectivity index (χ0v) is 9.29. The molecule has 2 aromatic rings. The summed E-state index contributed by atoms with van der Waals surface area (Å²) in [5.74, 6) is 0.0465. The molecule has 1 aromatic carbocycles. The molecule has 3 nitrogen and oxygen atoms in total. The Bertz CT molecular complexity index is 528. The van der Waals surface area contributed by atoms with Crippen LogP contribution in [0.5, 0.6) is 5.75 Å². The molecule has 0 fully saturated rings. The van der Waals surface area contributed by atoms with Gasteiger partial charge in [0.15, 0.2) is 11.3 Å². The lowest BCUT2D eigenvalue weighted by molar-refractivity contribution is -0.0494. The summed E-state index contributed by atoms with van der Waals surface area (Å²) in [5.41, 5.74) is 0.894. The molecular formula is C11H7F2NO2S. The molecule has 0 saturated heterocycles. The van der Waals surface area contributed by atoms with Gasteiger partial charge in [-0.05, 0) is 12.1 Å². The smallest absolute Gasteiger partial charge is 0.387 e. The molecule has 1 heterocycles. The highest BCUT2D eigenvalue weighted by Crippen LogP contribution is 2.31. The van der Waals surface area contributed by atoms with Gasteiger partial charge in [0.1, 0.15) is 5.75 Å². The van der Waals surface area contributed by atoms with Crippen molar-refractivity contribution >= 4 is 17.6 Å². The van der Waals surface area contributed by atoms with Crippen molar-refractivity contribution in [3.8, 4) is 17.0 Å². The predicted octanol–water partition coefficient (Wildman–Crippen LogP) is 3.22. The van der Waals surface area contributed by atoms with Gasteiger partial charge in [0.25, 0.3) is 0 Å². The standard InChI is InChI=1S/C11H7F2NO2S/c12-11(13)16-9-4-2-1-3-7(9)8-6-17-10(5-15)14-8/h1-6,11H. The number of para-hydroxylation sites is 1. The number of carbonyl (C=O) groups excluding carboxylic acids is 1. The molecule has 0 unspecified atom stereocenters. The highest BCUT2D eigenvalue weighted by molar-refractivity contribution is 7.11. The summed E-state index contributed by atoms with van der Waals surface area (Å²) >= 11 is 1.15. The maximum Gasteiger partial charge on any atom is 0.387 e. The number of aldehydes is 1. The van der Waals surface area contributed by atoms with Gasteiger partial charge in [-0.15, -0.1) is 11.3 Å². The first-order valence-electron chi connectivity index (χ1n) is 4.65. The average molecular weight is 255 g/mol. The van der Waals surface area contributed by atoms with Gasteiger partial charge in [0.05, 0.1) is 5.69 Å². The van der Waals surface area contributed by atoms with E-state index in [0.717, 1.165) is 11.3 Å². The number of aromatic nitrogens is 1. The second kappa shape index (κ2) is 5.01. The highest BCUT2D eigenvalue weighted by atomic mass is 32.1. The van der Waals surface area contributed by atoms with Crippen molar-refractivity contribution in [1.29, 1.82) is 0 Å². The zero-order valence-electron chi connectivity index (χ0n) is 8.47. The van der Waals surface area contributed by atoms with Gasteiger partial charge in [-0.3, -0.25) is 4.79 Å². The molecule has 0 bridgehead atoms. The van der Waals surface area contributed by atoms with Crippen molar-refractivity contribution in [1.82, 2.24) is 4.98 Å². The van der Waals surface area contributed by atoms with Crippen LogP contribution in [0.25, 0.3) is 11.3 Å². The average Bonchev–Trinajstić information content (AvgIpc) is 2.77. The summed E-state index contributed by atoms with van der Waals surface area (Å²) in [6, 6.07) is 6.32. The summed E-state index contributed by atoms with van der Waals surface area (Å²) < 4.78 is 28.8. The molecule has 0 atom stereocenters. The van der Waals surface area contributed by atoms with Crippen LogP contribution in [0.4, 0.5) is 8.78 Å². The first kappa shape index (κ1) is 11.7. The van der Waals surface area contributed by atoms with Gasteiger partial charge >= 0.3 is 6.61 Å². The van der Waals surface area contributed by atoms with Gasteiger partial charge in [-0.25, -0.2) is 4.98 Å². The number of hydrogen-bond donors (Lipinski definition) is 0. The van der Waals surface area contributed by atoms with Crippen LogP contribution in [0, 0.1) is 0 Å². The van der Waals surface area contributed by atoms with E-state index in [9.17, 15) is 13.6 Å². The third-order valence-corrected chi connectivity index (χ3v) is 2.77. The maximum absolute atomic E-state index is 12.2. The molecule has 0 saturated carbocycles. The van der Waals surface area contributed by atoms with Crippen molar-refractivity contribution in [2.75, 3.05) is 0 Å². The quantitative estimate of drug-likeness (QED) is 0.787. The monoisotopic (exact) mass is 255 g/mol. The number of thiazole rings is 1. The number of nitrogens with zero attached hydrogens (tertiary/aromatic N) is 1. The highest BCUT2D eigenvalue weighted by Gasteiger charge is 2.12. The van der Waals surface area contributed by atoms with Crippen molar-refractivity contribution in [2.45, 2.75) is 6.61 Å². The van der Waals surface area contributed by atoms with Crippen LogP contribution in [-0.4, -0.2) is 17.9 Å². The van der Waals surface area contributed by atoms with E-state index in [0.29, 0.717) is 22.6 Å². The molecule has 0 radical (unpaired) electrons. The zero-order chi connectivity index (χ0) is 12.3. The lowest BCUT2D eigenvalue weighted by Gasteiger charge is -2.08. The molecule has 1 aromatic heterocycles. The Morgan fingerprint density at radius 1 is 1.35 bits per heavy atom. The molecule has 0 aliphatic rings. The van der Waals surface area contributed by atoms with Crippen LogP contribution >= 0.6 is 11.3 Å². The normalized spacial score (nSPS) is 10.5. The van der Waals surface area contributed by atoms with E-state index in [1.165, 1.54) is 6.07 Å². The van der Waals surface area contributed by atoms with Crippen LogP contribution in [0.1, 0.15) is 9.80 Å². The van der Waals surface area contributed by atoms with Gasteiger partial charge in [-0.2, -0.15) is 8.78 Å². The van der Waals surface area contributed by atoms with Crippen LogP contribution in [-0.2, 0) is 0 Å². The fourth-order valence-corrected chi connectivity index (χ4v) is 1.96. The van der Waals surface area contributed by atoms with Crippen LogP contribution in [0.3, 0.4) is 0 Å². The van der Waals surface area contributed by atoms with E-state index in [2.05, 4.69) is 9.72 Å². The Morgan fingerprint density at radius 3 is 2.76 bits per heavy atom. The van der Waals surface area contributed by atoms with E-state index in [1.54, 1.807) is 23.6 Å². The first-order chi connectivity index (χ1) is 8.20. The molecule has 88 valence electrons. The summed E-state index contributed by atoms with van der Waals surface area (Å²) in [5, 5.41) is 1.92. The molecule has 2 rings (SSSR count). The van der Waals surface area contributed by atoms with Gasteiger partial charge in [0, 0.05) is 10.9 Å². The molecule has 0 N–H and O–H groups in total. The van der Waals surface area contributed by atoms with E-state index >= 15 is 0 Å². The number of benzene rings is 1. The SMILES string of the molecule is O=Cc1nc(-c2ccccc2OC(F)F)cs1. The molecule has 0 aliphatic carbocycles. The summed E-state index contributed by atoms with van der Waals surface area (Å²) in [6.45, 7) is -2.89. The second-order valence-electron chi connectivity index (χ2n) is 3.06. The van der Waals surface area contributed by atoms with Crippen molar-refractivity contribution in [3.05, 3.63) is 34.7 Å². The fraction of sp³-hybridized carbons (Fsp3) is 0.0909. The van der Waals surface area contributed by atoms with Gasteiger partial charge in [-0.1, -0.05) is 12.1 Å². The third-order valence-electron chi connectivity index (χ3n) is 2.00. The Hall–Kier alpha value is -1.82. The van der Waals surface area contributed by atoms with Gasteiger partial charge < -0.3 is 4.74 Å². The second-order valence-corrected chi connectivity index (χ2v) is 3.95. The maximum atomic E-state index is 12.2. The Balaban J connectivity index is 2.40. The lowest BCUT2D eigenvalue weighted by Crippen LogP contribution is -2.03. The Kier molecular flexibility index (Phi) is 3.43. The number of alkyl halides is 2. The summed E-state index contributed by atoms with van der Waals surface area (Å²) in [7, 11) is 0. The minimum Gasteiger partial charge on any atom is -0.434 e. The molecule has 6 heteroatoms. The minimum absolute atomic E-state index is 0.0465. The molecule has 0 spiro atoms. The van der Waals surface area contributed by atoms with Crippen molar-refractivity contribution in [2.24, 2.45) is 0 Å². The first-order valence-corrected chi connectivity index (χ1v) is 5.53. The minimum atomic E-state index is -2.89. The molecule has 0 amide bonds. The number of ether oxygens (including phenoxy) is 1. The summed E-state index contributed by atoms with van der Waals surface area (Å²) in [6.07, 6.45) is 0.616. The van der Waals surface area contributed by atoms with E-state index < -0.39 is 6.61 Å². The predicted molar refractivity (Wildman–Crippen MR) is 59.6 cm³/mol. The fourth-order valence-electron chi connectivity index (χ4n) is 1.34. The van der Waals surface area contributed by atoms with E-state index in [1.807, 2.05) is 0 Å². The van der Waals surface area contributed by atoms with Gasteiger partial charge in [0.2, 0.25) is 0 Å². The number of hydrogen-bond acceptors (Lipinski definition) is 4. The van der Waals surface area contributed by atoms with Crippen LogP contribution in [0.2, 0.25) is 0 Å². The third kappa shape index (κ3) is 2.65. The number of halogens is 2. The summed E-state index contributed by atoms with van der Waals surface area (Å²) in [4.78, 5) is 14.5. The Morgan fingerprint density at radius 2 is 2.12 bits per heavy atom. The molecule has 0 aliphatic heterocycles. The van der Waals surface area contributed by atoms with Crippen molar-refractivity contribution < 1.29 is 18.3 Å². The molecule has 17 heavy (non-hydrogen) atoms. The topological polar surface area (TPSA) is 39.2 Å². The van der Waals surface area contributed by atoms with E-state index in [-0.39, 0.29) is 5.75 Å². The van der Waals surface area contributed by atoms with Crippen LogP contribution < -0.4 is 4.74 Å². The van der Waals surface area contributed by atoms with Crippen LogP contribution in [0.15, 0.2) is 29.6 Å². The molecular weight excluding hydrogens is 248 g/mol. The lowest BCUT2D eigenvalue weighted by atomic mass is 10.1. The van der Waals surface area contributed by atoms with E-state index in [4.69, 9.17) is 0 Å². The largest absolute Gasteiger partial charge is 0.434 e.